The maximum Gasteiger partial charge on any atom is 0.243 e. The van der Waals surface area contributed by atoms with Crippen molar-refractivity contribution in [3.63, 3.8) is 0 Å². The summed E-state index contributed by atoms with van der Waals surface area (Å²) in [5.74, 6) is 1.31. The average molecular weight is 262 g/mol. The van der Waals surface area contributed by atoms with Crippen molar-refractivity contribution in [2.45, 2.75) is 26.8 Å². The fraction of sp³-hybridized carbons (Fsp3) is 0.533. The van der Waals surface area contributed by atoms with Crippen LogP contribution in [0.25, 0.3) is 0 Å². The highest BCUT2D eigenvalue weighted by Gasteiger charge is 2.28. The maximum atomic E-state index is 12.5. The minimum atomic E-state index is -0.153. The van der Waals surface area contributed by atoms with Crippen LogP contribution in [0, 0.1) is 5.92 Å². The zero-order chi connectivity index (χ0) is 13.8. The number of hydrogen-bond acceptors (Lipinski definition) is 3. The van der Waals surface area contributed by atoms with Crippen molar-refractivity contribution in [3.8, 4) is 5.75 Å². The summed E-state index contributed by atoms with van der Waals surface area (Å²) in [4.78, 5) is 14.3. The van der Waals surface area contributed by atoms with E-state index in [0.717, 1.165) is 24.5 Å². The second-order valence-electron chi connectivity index (χ2n) is 5.08. The smallest absolute Gasteiger partial charge is 0.243 e. The van der Waals surface area contributed by atoms with Crippen molar-refractivity contribution in [2.75, 3.05) is 24.6 Å². The van der Waals surface area contributed by atoms with E-state index in [-0.39, 0.29) is 11.9 Å². The van der Waals surface area contributed by atoms with E-state index in [4.69, 9.17) is 4.74 Å². The maximum absolute atomic E-state index is 12.5. The number of carbonyl (C=O) groups is 1. The van der Waals surface area contributed by atoms with Gasteiger partial charge in [0.25, 0.3) is 0 Å². The molecule has 1 amide bonds. The number of anilines is 1. The van der Waals surface area contributed by atoms with Crippen LogP contribution in [0.4, 0.5) is 5.69 Å². The van der Waals surface area contributed by atoms with Crippen LogP contribution >= 0.6 is 0 Å². The summed E-state index contributed by atoms with van der Waals surface area (Å²) in [5.41, 5.74) is 0.872. The lowest BCUT2D eigenvalue weighted by molar-refractivity contribution is -0.119. The first-order valence-corrected chi connectivity index (χ1v) is 6.90. The molecule has 104 valence electrons. The van der Waals surface area contributed by atoms with E-state index in [0.29, 0.717) is 12.5 Å². The molecule has 1 aliphatic heterocycles. The highest BCUT2D eigenvalue weighted by molar-refractivity contribution is 5.98. The standard InChI is InChI=1S/C15H22N2O2/c1-4-19-14-8-6-5-7-13(14)17-10-11(2)9-16-12(3)15(17)18/h5-8,11-12,16H,4,9-10H2,1-3H3. The predicted molar refractivity (Wildman–Crippen MR) is 76.6 cm³/mol. The molecular formula is C15H22N2O2. The number of para-hydroxylation sites is 2. The molecule has 19 heavy (non-hydrogen) atoms. The number of carbonyl (C=O) groups excluding carboxylic acids is 1. The van der Waals surface area contributed by atoms with Crippen LogP contribution in [-0.4, -0.2) is 31.6 Å². The van der Waals surface area contributed by atoms with E-state index < -0.39 is 0 Å². The number of benzene rings is 1. The second-order valence-corrected chi connectivity index (χ2v) is 5.08. The molecular weight excluding hydrogens is 240 g/mol. The third kappa shape index (κ3) is 3.07. The van der Waals surface area contributed by atoms with E-state index in [1.165, 1.54) is 0 Å². The molecule has 0 aliphatic carbocycles. The molecule has 1 N–H and O–H groups in total. The van der Waals surface area contributed by atoms with Crippen molar-refractivity contribution in [3.05, 3.63) is 24.3 Å². The van der Waals surface area contributed by atoms with Crippen LogP contribution in [0.2, 0.25) is 0 Å². The Kier molecular flexibility index (Phi) is 4.43. The molecule has 4 heteroatoms. The Balaban J connectivity index is 2.34. The van der Waals surface area contributed by atoms with Crippen molar-refractivity contribution < 1.29 is 9.53 Å². The van der Waals surface area contributed by atoms with Gasteiger partial charge in [-0.05, 0) is 31.9 Å². The summed E-state index contributed by atoms with van der Waals surface area (Å²) in [6.07, 6.45) is 0. The molecule has 2 atom stereocenters. The number of nitrogens with one attached hydrogen (secondary N) is 1. The molecule has 0 bridgehead atoms. The summed E-state index contributed by atoms with van der Waals surface area (Å²) < 4.78 is 5.64. The first kappa shape index (κ1) is 13.9. The van der Waals surface area contributed by atoms with Gasteiger partial charge in [0.15, 0.2) is 0 Å². The summed E-state index contributed by atoms with van der Waals surface area (Å²) in [7, 11) is 0. The highest BCUT2D eigenvalue weighted by atomic mass is 16.5. The number of hydrogen-bond donors (Lipinski definition) is 1. The van der Waals surface area contributed by atoms with Crippen LogP contribution < -0.4 is 15.0 Å². The lowest BCUT2D eigenvalue weighted by Gasteiger charge is -2.26. The van der Waals surface area contributed by atoms with Crippen molar-refractivity contribution in [1.82, 2.24) is 5.32 Å². The van der Waals surface area contributed by atoms with Gasteiger partial charge in [-0.3, -0.25) is 4.79 Å². The molecule has 2 unspecified atom stereocenters. The molecule has 1 saturated heterocycles. The van der Waals surface area contributed by atoms with Crippen LogP contribution in [0.1, 0.15) is 20.8 Å². The van der Waals surface area contributed by atoms with Crippen LogP contribution in [0.3, 0.4) is 0 Å². The Morgan fingerprint density at radius 2 is 2.11 bits per heavy atom. The summed E-state index contributed by atoms with van der Waals surface area (Å²) >= 11 is 0. The Hall–Kier alpha value is -1.55. The third-order valence-electron chi connectivity index (χ3n) is 3.36. The number of amides is 1. The fourth-order valence-corrected chi connectivity index (χ4v) is 2.34. The molecule has 1 fully saturated rings. The van der Waals surface area contributed by atoms with E-state index in [2.05, 4.69) is 12.2 Å². The Morgan fingerprint density at radius 1 is 1.37 bits per heavy atom. The van der Waals surface area contributed by atoms with Crippen molar-refractivity contribution in [2.24, 2.45) is 5.92 Å². The van der Waals surface area contributed by atoms with Gasteiger partial charge in [-0.15, -0.1) is 0 Å². The third-order valence-corrected chi connectivity index (χ3v) is 3.36. The molecule has 0 spiro atoms. The monoisotopic (exact) mass is 262 g/mol. The molecule has 0 saturated carbocycles. The van der Waals surface area contributed by atoms with E-state index in [9.17, 15) is 4.79 Å². The minimum Gasteiger partial charge on any atom is -0.492 e. The van der Waals surface area contributed by atoms with Gasteiger partial charge in [0.05, 0.1) is 18.3 Å². The Morgan fingerprint density at radius 3 is 2.84 bits per heavy atom. The lowest BCUT2D eigenvalue weighted by Crippen LogP contribution is -2.42. The van der Waals surface area contributed by atoms with Crippen LogP contribution in [0.15, 0.2) is 24.3 Å². The molecule has 1 aromatic carbocycles. The van der Waals surface area contributed by atoms with Crippen LogP contribution in [-0.2, 0) is 4.79 Å². The summed E-state index contributed by atoms with van der Waals surface area (Å²) in [6.45, 7) is 8.20. The van der Waals surface area contributed by atoms with Crippen LogP contribution in [0.5, 0.6) is 5.75 Å². The zero-order valence-electron chi connectivity index (χ0n) is 11.8. The quantitative estimate of drug-likeness (QED) is 0.906. The fourth-order valence-electron chi connectivity index (χ4n) is 2.34. The van der Waals surface area contributed by atoms with Crippen molar-refractivity contribution in [1.29, 1.82) is 0 Å². The molecule has 1 heterocycles. The van der Waals surface area contributed by atoms with Gasteiger partial charge in [0.2, 0.25) is 5.91 Å². The second kappa shape index (κ2) is 6.06. The normalized spacial score (nSPS) is 24.2. The topological polar surface area (TPSA) is 41.6 Å². The van der Waals surface area contributed by atoms with E-state index >= 15 is 0 Å². The molecule has 1 aromatic rings. The SMILES string of the molecule is CCOc1ccccc1N1CC(C)CNC(C)C1=O. The Labute approximate surface area is 114 Å². The van der Waals surface area contributed by atoms with Gasteiger partial charge >= 0.3 is 0 Å². The largest absolute Gasteiger partial charge is 0.492 e. The molecule has 2 rings (SSSR count). The van der Waals surface area contributed by atoms with Gasteiger partial charge in [-0.25, -0.2) is 0 Å². The van der Waals surface area contributed by atoms with Gasteiger partial charge in [0, 0.05) is 13.1 Å². The number of rotatable bonds is 3. The van der Waals surface area contributed by atoms with E-state index in [1.54, 1.807) is 0 Å². The highest BCUT2D eigenvalue weighted by Crippen LogP contribution is 2.30. The molecule has 0 radical (unpaired) electrons. The predicted octanol–water partition coefficient (Wildman–Crippen LogP) is 2.05. The van der Waals surface area contributed by atoms with Gasteiger partial charge in [-0.1, -0.05) is 19.1 Å². The van der Waals surface area contributed by atoms with Gasteiger partial charge < -0.3 is 15.0 Å². The molecule has 1 aliphatic rings. The number of ether oxygens (including phenoxy) is 1. The Bertz CT molecular complexity index is 448. The first-order valence-electron chi connectivity index (χ1n) is 6.90. The molecule has 0 aromatic heterocycles. The van der Waals surface area contributed by atoms with Crippen molar-refractivity contribution >= 4 is 11.6 Å². The zero-order valence-corrected chi connectivity index (χ0v) is 11.8. The minimum absolute atomic E-state index is 0.108. The lowest BCUT2D eigenvalue weighted by atomic mass is 10.1. The van der Waals surface area contributed by atoms with E-state index in [1.807, 2.05) is 43.0 Å². The average Bonchev–Trinajstić information content (AvgIpc) is 2.53. The molecule has 4 nitrogen and oxygen atoms in total. The van der Waals surface area contributed by atoms with Gasteiger partial charge in [0.1, 0.15) is 5.75 Å². The van der Waals surface area contributed by atoms with Gasteiger partial charge in [-0.2, -0.15) is 0 Å². The summed E-state index contributed by atoms with van der Waals surface area (Å²) in [6, 6.07) is 7.59. The first-order chi connectivity index (χ1) is 9.13. The summed E-state index contributed by atoms with van der Waals surface area (Å²) in [5, 5.41) is 3.26. The number of nitrogens with zero attached hydrogens (tertiary/aromatic N) is 1.